The zero-order chi connectivity index (χ0) is 10.4. The highest BCUT2D eigenvalue weighted by molar-refractivity contribution is 4.68. The zero-order valence-electron chi connectivity index (χ0n) is 9.94. The second-order valence-corrected chi connectivity index (χ2v) is 5.60. The van der Waals surface area contributed by atoms with E-state index >= 15 is 0 Å². The van der Waals surface area contributed by atoms with Gasteiger partial charge in [0.05, 0.1) is 6.61 Å². The molecule has 1 fully saturated rings. The molecule has 1 saturated heterocycles. The van der Waals surface area contributed by atoms with E-state index in [-0.39, 0.29) is 0 Å². The molecule has 0 radical (unpaired) electrons. The summed E-state index contributed by atoms with van der Waals surface area (Å²) in [4.78, 5) is 0. The summed E-state index contributed by atoms with van der Waals surface area (Å²) < 4.78 is 5.71. The molecule has 0 saturated carbocycles. The molecule has 2 nitrogen and oxygen atoms in total. The van der Waals surface area contributed by atoms with Gasteiger partial charge in [-0.2, -0.15) is 0 Å². The minimum atomic E-state index is 0.408. The van der Waals surface area contributed by atoms with Crippen LogP contribution in [0, 0.1) is 11.3 Å². The van der Waals surface area contributed by atoms with Crippen LogP contribution in [-0.2, 0) is 4.74 Å². The lowest BCUT2D eigenvalue weighted by molar-refractivity contribution is 0.0722. The number of ether oxygens (including phenoxy) is 1. The van der Waals surface area contributed by atoms with E-state index in [9.17, 15) is 0 Å². The fourth-order valence-electron chi connectivity index (χ4n) is 1.69. The minimum Gasteiger partial charge on any atom is -0.381 e. The fourth-order valence-corrected chi connectivity index (χ4v) is 1.69. The molecular weight excluding hydrogens is 174 g/mol. The van der Waals surface area contributed by atoms with Gasteiger partial charge in [-0.25, -0.2) is 0 Å². The molecule has 0 aromatic rings. The summed E-state index contributed by atoms with van der Waals surface area (Å²) in [7, 11) is 0. The topological polar surface area (TPSA) is 21.3 Å². The number of nitrogens with one attached hydrogen (secondary N) is 1. The van der Waals surface area contributed by atoms with E-state index in [1.54, 1.807) is 0 Å². The van der Waals surface area contributed by atoms with Crippen LogP contribution in [0.25, 0.3) is 0 Å². The highest BCUT2D eigenvalue weighted by Gasteiger charge is 2.14. The lowest BCUT2D eigenvalue weighted by Gasteiger charge is -2.23. The largest absolute Gasteiger partial charge is 0.381 e. The molecule has 1 unspecified atom stereocenters. The lowest BCUT2D eigenvalue weighted by atomic mass is 9.93. The quantitative estimate of drug-likeness (QED) is 0.702. The van der Waals surface area contributed by atoms with E-state index in [1.165, 1.54) is 19.4 Å². The number of hydrogen-bond acceptors (Lipinski definition) is 2. The van der Waals surface area contributed by atoms with Crippen LogP contribution in [0.5, 0.6) is 0 Å². The van der Waals surface area contributed by atoms with E-state index < -0.39 is 0 Å². The van der Waals surface area contributed by atoms with E-state index in [1.807, 2.05) is 0 Å². The van der Waals surface area contributed by atoms with Crippen LogP contribution in [0.1, 0.15) is 40.0 Å². The average Bonchev–Trinajstić information content (AvgIpc) is 2.13. The molecule has 0 aromatic carbocycles. The van der Waals surface area contributed by atoms with Crippen molar-refractivity contribution in [3.05, 3.63) is 0 Å². The molecule has 0 amide bonds. The monoisotopic (exact) mass is 199 g/mol. The normalized spacial score (nSPS) is 23.8. The summed E-state index contributed by atoms with van der Waals surface area (Å²) in [6.07, 6.45) is 3.81. The van der Waals surface area contributed by atoms with Crippen LogP contribution in [-0.4, -0.2) is 26.3 Å². The first kappa shape index (κ1) is 12.0. The van der Waals surface area contributed by atoms with E-state index in [0.29, 0.717) is 5.41 Å². The summed E-state index contributed by atoms with van der Waals surface area (Å²) in [5.41, 5.74) is 0.408. The summed E-state index contributed by atoms with van der Waals surface area (Å²) in [5.74, 6) is 0.753. The van der Waals surface area contributed by atoms with Crippen LogP contribution < -0.4 is 5.32 Å². The molecule has 0 aliphatic carbocycles. The summed E-state index contributed by atoms with van der Waals surface area (Å²) in [6, 6.07) is 0. The van der Waals surface area contributed by atoms with Gasteiger partial charge >= 0.3 is 0 Å². The van der Waals surface area contributed by atoms with Gasteiger partial charge in [-0.15, -0.1) is 0 Å². The fraction of sp³-hybridized carbons (Fsp3) is 1.00. The average molecular weight is 199 g/mol. The third-order valence-corrected chi connectivity index (χ3v) is 2.75. The van der Waals surface area contributed by atoms with Crippen molar-refractivity contribution in [3.8, 4) is 0 Å². The van der Waals surface area contributed by atoms with E-state index in [2.05, 4.69) is 26.1 Å². The Morgan fingerprint density at radius 2 is 2.14 bits per heavy atom. The molecule has 1 aliphatic rings. The Morgan fingerprint density at radius 3 is 2.71 bits per heavy atom. The Balaban J connectivity index is 1.97. The minimum absolute atomic E-state index is 0.408. The SMILES string of the molecule is CC(C)(C)CCOCC1CCCNC1. The number of hydrogen-bond donors (Lipinski definition) is 1. The number of piperidine rings is 1. The third-order valence-electron chi connectivity index (χ3n) is 2.75. The van der Waals surface area contributed by atoms with Crippen molar-refractivity contribution in [2.45, 2.75) is 40.0 Å². The van der Waals surface area contributed by atoms with Gasteiger partial charge in [0.25, 0.3) is 0 Å². The van der Waals surface area contributed by atoms with Gasteiger partial charge in [0.15, 0.2) is 0 Å². The molecule has 2 heteroatoms. The van der Waals surface area contributed by atoms with Gasteiger partial charge in [0.1, 0.15) is 0 Å². The first-order chi connectivity index (χ1) is 6.58. The van der Waals surface area contributed by atoms with Gasteiger partial charge in [-0.3, -0.25) is 0 Å². The van der Waals surface area contributed by atoms with Gasteiger partial charge < -0.3 is 10.1 Å². The third kappa shape index (κ3) is 5.61. The van der Waals surface area contributed by atoms with Crippen molar-refractivity contribution >= 4 is 0 Å². The molecule has 0 spiro atoms. The maximum atomic E-state index is 5.71. The van der Waals surface area contributed by atoms with Crippen LogP contribution in [0.15, 0.2) is 0 Å². The second-order valence-electron chi connectivity index (χ2n) is 5.60. The molecule has 1 N–H and O–H groups in total. The molecular formula is C12H25NO. The zero-order valence-corrected chi connectivity index (χ0v) is 9.94. The molecule has 0 aromatic heterocycles. The molecule has 1 aliphatic heterocycles. The van der Waals surface area contributed by atoms with Crippen LogP contribution in [0.2, 0.25) is 0 Å². The number of rotatable bonds is 4. The van der Waals surface area contributed by atoms with E-state index in [4.69, 9.17) is 4.74 Å². The van der Waals surface area contributed by atoms with Gasteiger partial charge in [0, 0.05) is 13.2 Å². The lowest BCUT2D eigenvalue weighted by Crippen LogP contribution is -2.32. The predicted octanol–water partition coefficient (Wildman–Crippen LogP) is 2.44. The molecule has 1 rings (SSSR count). The smallest absolute Gasteiger partial charge is 0.0506 e. The van der Waals surface area contributed by atoms with Crippen molar-refractivity contribution in [2.75, 3.05) is 26.3 Å². The predicted molar refractivity (Wildman–Crippen MR) is 60.5 cm³/mol. The van der Waals surface area contributed by atoms with Gasteiger partial charge in [0.2, 0.25) is 0 Å². The van der Waals surface area contributed by atoms with Crippen molar-refractivity contribution in [1.82, 2.24) is 5.32 Å². The maximum absolute atomic E-state index is 5.71. The Kier molecular flexibility index (Phi) is 4.90. The Labute approximate surface area is 88.4 Å². The first-order valence-electron chi connectivity index (χ1n) is 5.86. The van der Waals surface area contributed by atoms with Crippen molar-refractivity contribution < 1.29 is 4.74 Å². The molecule has 0 bridgehead atoms. The highest BCUT2D eigenvalue weighted by atomic mass is 16.5. The molecule has 14 heavy (non-hydrogen) atoms. The summed E-state index contributed by atoms with van der Waals surface area (Å²) >= 11 is 0. The van der Waals surface area contributed by atoms with Crippen LogP contribution in [0.4, 0.5) is 0 Å². The van der Waals surface area contributed by atoms with Crippen LogP contribution >= 0.6 is 0 Å². The molecule has 1 heterocycles. The highest BCUT2D eigenvalue weighted by Crippen LogP contribution is 2.18. The van der Waals surface area contributed by atoms with Crippen molar-refractivity contribution in [1.29, 1.82) is 0 Å². The van der Waals surface area contributed by atoms with Crippen LogP contribution in [0.3, 0.4) is 0 Å². The summed E-state index contributed by atoms with van der Waals surface area (Å²) in [5, 5.41) is 3.41. The Morgan fingerprint density at radius 1 is 1.36 bits per heavy atom. The Hall–Kier alpha value is -0.0800. The van der Waals surface area contributed by atoms with Gasteiger partial charge in [-0.05, 0) is 37.1 Å². The van der Waals surface area contributed by atoms with Crippen molar-refractivity contribution in [2.24, 2.45) is 11.3 Å². The molecule has 1 atom stereocenters. The van der Waals surface area contributed by atoms with Gasteiger partial charge in [-0.1, -0.05) is 20.8 Å². The van der Waals surface area contributed by atoms with Crippen molar-refractivity contribution in [3.63, 3.8) is 0 Å². The van der Waals surface area contributed by atoms with E-state index in [0.717, 1.165) is 32.1 Å². The molecule has 84 valence electrons. The first-order valence-corrected chi connectivity index (χ1v) is 5.86. The standard InChI is InChI=1S/C12H25NO/c1-12(2,3)6-8-14-10-11-5-4-7-13-9-11/h11,13H,4-10H2,1-3H3. The second kappa shape index (κ2) is 5.72. The summed E-state index contributed by atoms with van der Waals surface area (Å²) in [6.45, 7) is 11.0. The maximum Gasteiger partial charge on any atom is 0.0506 e. The Bertz CT molecular complexity index is 145.